The molecule has 0 bridgehead atoms. The zero-order chi connectivity index (χ0) is 13.0. The van der Waals surface area contributed by atoms with Gasteiger partial charge in [-0.15, -0.1) is 0 Å². The van der Waals surface area contributed by atoms with Crippen LogP contribution in [-0.4, -0.2) is 44.2 Å². The fourth-order valence-electron chi connectivity index (χ4n) is 2.22. The number of rotatable bonds is 3. The third-order valence-corrected chi connectivity index (χ3v) is 3.49. The van der Waals surface area contributed by atoms with Gasteiger partial charge in [0.1, 0.15) is 6.04 Å². The SMILES string of the molecule is COC(=O)[C@H](c1ccccc1Cl)N1CCNCC1. The summed E-state index contributed by atoms with van der Waals surface area (Å²) in [4.78, 5) is 14.1. The van der Waals surface area contributed by atoms with Gasteiger partial charge in [0.15, 0.2) is 0 Å². The first-order valence-corrected chi connectivity index (χ1v) is 6.39. The molecule has 5 heteroatoms. The van der Waals surface area contributed by atoms with E-state index in [0.717, 1.165) is 31.7 Å². The highest BCUT2D eigenvalue weighted by Gasteiger charge is 2.30. The van der Waals surface area contributed by atoms with Crippen molar-refractivity contribution in [3.8, 4) is 0 Å². The van der Waals surface area contributed by atoms with E-state index in [2.05, 4.69) is 10.2 Å². The van der Waals surface area contributed by atoms with Crippen LogP contribution >= 0.6 is 11.6 Å². The molecular formula is C13H17ClN2O2. The number of hydrogen-bond donors (Lipinski definition) is 1. The van der Waals surface area contributed by atoms with E-state index in [-0.39, 0.29) is 5.97 Å². The molecule has 0 saturated carbocycles. The molecule has 18 heavy (non-hydrogen) atoms. The van der Waals surface area contributed by atoms with E-state index < -0.39 is 6.04 Å². The maximum absolute atomic E-state index is 12.0. The van der Waals surface area contributed by atoms with E-state index in [4.69, 9.17) is 16.3 Å². The van der Waals surface area contributed by atoms with Gasteiger partial charge >= 0.3 is 5.97 Å². The number of benzene rings is 1. The maximum atomic E-state index is 12.0. The Morgan fingerprint density at radius 3 is 2.67 bits per heavy atom. The van der Waals surface area contributed by atoms with Gasteiger partial charge in [-0.3, -0.25) is 4.90 Å². The second kappa shape index (κ2) is 6.18. The molecule has 1 aliphatic heterocycles. The van der Waals surface area contributed by atoms with Gasteiger partial charge in [-0.2, -0.15) is 0 Å². The van der Waals surface area contributed by atoms with Gasteiger partial charge in [-0.25, -0.2) is 4.79 Å². The summed E-state index contributed by atoms with van der Waals surface area (Å²) < 4.78 is 4.92. The van der Waals surface area contributed by atoms with Crippen LogP contribution in [0.5, 0.6) is 0 Å². The van der Waals surface area contributed by atoms with Crippen LogP contribution in [0.25, 0.3) is 0 Å². The number of nitrogens with one attached hydrogen (secondary N) is 1. The Bertz CT molecular complexity index is 419. The van der Waals surface area contributed by atoms with Crippen LogP contribution in [0.3, 0.4) is 0 Å². The molecule has 0 unspecified atom stereocenters. The number of methoxy groups -OCH3 is 1. The highest BCUT2D eigenvalue weighted by Crippen LogP contribution is 2.28. The van der Waals surface area contributed by atoms with E-state index in [1.54, 1.807) is 6.07 Å². The molecule has 1 N–H and O–H groups in total. The minimum absolute atomic E-state index is 0.259. The van der Waals surface area contributed by atoms with Gasteiger partial charge in [0.05, 0.1) is 7.11 Å². The number of ether oxygens (including phenoxy) is 1. The smallest absolute Gasteiger partial charge is 0.327 e. The summed E-state index contributed by atoms with van der Waals surface area (Å²) in [5.41, 5.74) is 0.813. The summed E-state index contributed by atoms with van der Waals surface area (Å²) in [6.07, 6.45) is 0. The fraction of sp³-hybridized carbons (Fsp3) is 0.462. The minimum atomic E-state index is -0.411. The third-order valence-electron chi connectivity index (χ3n) is 3.14. The Morgan fingerprint density at radius 1 is 1.39 bits per heavy atom. The first-order valence-electron chi connectivity index (χ1n) is 6.01. The molecule has 0 aliphatic carbocycles. The van der Waals surface area contributed by atoms with Crippen molar-refractivity contribution in [3.63, 3.8) is 0 Å². The summed E-state index contributed by atoms with van der Waals surface area (Å²) in [5, 5.41) is 3.87. The van der Waals surface area contributed by atoms with Crippen molar-refractivity contribution >= 4 is 17.6 Å². The molecule has 1 aliphatic rings. The summed E-state index contributed by atoms with van der Waals surface area (Å²) >= 11 is 6.19. The number of carbonyl (C=O) groups excluding carboxylic acids is 1. The predicted molar refractivity (Wildman–Crippen MR) is 70.7 cm³/mol. The first-order chi connectivity index (χ1) is 8.74. The van der Waals surface area contributed by atoms with Crippen LogP contribution in [0, 0.1) is 0 Å². The lowest BCUT2D eigenvalue weighted by Gasteiger charge is -2.33. The molecule has 1 fully saturated rings. The molecule has 1 atom stereocenters. The second-order valence-corrected chi connectivity index (χ2v) is 4.64. The number of halogens is 1. The fourth-order valence-corrected chi connectivity index (χ4v) is 2.46. The molecule has 0 amide bonds. The summed E-state index contributed by atoms with van der Waals surface area (Å²) in [6, 6.07) is 7.02. The number of carbonyl (C=O) groups is 1. The number of nitrogens with zero attached hydrogens (tertiary/aromatic N) is 1. The third kappa shape index (κ3) is 2.83. The normalized spacial score (nSPS) is 18.3. The molecule has 1 aromatic carbocycles. The van der Waals surface area contributed by atoms with Crippen LogP contribution < -0.4 is 5.32 Å². The standard InChI is InChI=1S/C13H17ClN2O2/c1-18-13(17)12(16-8-6-15-7-9-16)10-4-2-3-5-11(10)14/h2-5,12,15H,6-9H2,1H3/t12-/m0/s1. The lowest BCUT2D eigenvalue weighted by molar-refractivity contribution is -0.147. The Balaban J connectivity index is 2.30. The van der Waals surface area contributed by atoms with Crippen molar-refractivity contribution < 1.29 is 9.53 Å². The topological polar surface area (TPSA) is 41.6 Å². The van der Waals surface area contributed by atoms with Crippen molar-refractivity contribution in [2.24, 2.45) is 0 Å². The Kier molecular flexibility index (Phi) is 4.58. The quantitative estimate of drug-likeness (QED) is 0.843. The van der Waals surface area contributed by atoms with Crippen LogP contribution in [0.1, 0.15) is 11.6 Å². The average molecular weight is 269 g/mol. The number of esters is 1. The average Bonchev–Trinajstić information content (AvgIpc) is 2.42. The number of hydrogen-bond acceptors (Lipinski definition) is 4. The Labute approximate surface area is 112 Å². The summed E-state index contributed by atoms with van der Waals surface area (Å²) in [6.45, 7) is 3.37. The minimum Gasteiger partial charge on any atom is -0.468 e. The van der Waals surface area contributed by atoms with E-state index in [0.29, 0.717) is 5.02 Å². The molecule has 0 radical (unpaired) electrons. The lowest BCUT2D eigenvalue weighted by atomic mass is 10.0. The Hall–Kier alpha value is -1.10. The van der Waals surface area contributed by atoms with Crippen molar-refractivity contribution in [2.45, 2.75) is 6.04 Å². The van der Waals surface area contributed by atoms with Gasteiger partial charge < -0.3 is 10.1 Å². The number of piperazine rings is 1. The van der Waals surface area contributed by atoms with Crippen LogP contribution in [0.15, 0.2) is 24.3 Å². The van der Waals surface area contributed by atoms with Crippen molar-refractivity contribution in [1.29, 1.82) is 0 Å². The zero-order valence-electron chi connectivity index (χ0n) is 10.4. The lowest BCUT2D eigenvalue weighted by Crippen LogP contribution is -2.47. The zero-order valence-corrected chi connectivity index (χ0v) is 11.1. The highest BCUT2D eigenvalue weighted by atomic mass is 35.5. The van der Waals surface area contributed by atoms with Crippen molar-refractivity contribution in [2.75, 3.05) is 33.3 Å². The largest absolute Gasteiger partial charge is 0.468 e. The summed E-state index contributed by atoms with van der Waals surface area (Å²) in [5.74, 6) is -0.259. The van der Waals surface area contributed by atoms with Gasteiger partial charge in [0.25, 0.3) is 0 Å². The maximum Gasteiger partial charge on any atom is 0.327 e. The van der Waals surface area contributed by atoms with Gasteiger partial charge in [0, 0.05) is 31.2 Å². The molecule has 4 nitrogen and oxygen atoms in total. The summed E-state index contributed by atoms with van der Waals surface area (Å²) in [7, 11) is 1.41. The van der Waals surface area contributed by atoms with Gasteiger partial charge in [-0.05, 0) is 11.6 Å². The molecule has 98 valence electrons. The van der Waals surface area contributed by atoms with E-state index in [1.807, 2.05) is 18.2 Å². The van der Waals surface area contributed by atoms with E-state index in [1.165, 1.54) is 7.11 Å². The highest BCUT2D eigenvalue weighted by molar-refractivity contribution is 6.31. The monoisotopic (exact) mass is 268 g/mol. The Morgan fingerprint density at radius 2 is 2.06 bits per heavy atom. The van der Waals surface area contributed by atoms with Crippen LogP contribution in [0.4, 0.5) is 0 Å². The van der Waals surface area contributed by atoms with Gasteiger partial charge in [0.2, 0.25) is 0 Å². The molecule has 1 heterocycles. The van der Waals surface area contributed by atoms with E-state index in [9.17, 15) is 4.79 Å². The van der Waals surface area contributed by atoms with Crippen molar-refractivity contribution in [1.82, 2.24) is 10.2 Å². The molecule has 1 saturated heterocycles. The molecule has 2 rings (SSSR count). The van der Waals surface area contributed by atoms with Crippen LogP contribution in [-0.2, 0) is 9.53 Å². The molecule has 0 spiro atoms. The second-order valence-electron chi connectivity index (χ2n) is 4.23. The van der Waals surface area contributed by atoms with Crippen LogP contribution in [0.2, 0.25) is 5.02 Å². The molecular weight excluding hydrogens is 252 g/mol. The van der Waals surface area contributed by atoms with E-state index >= 15 is 0 Å². The molecule has 0 aromatic heterocycles. The van der Waals surface area contributed by atoms with Crippen molar-refractivity contribution in [3.05, 3.63) is 34.9 Å². The first kappa shape index (κ1) is 13.3. The molecule has 1 aromatic rings. The predicted octanol–water partition coefficient (Wildman–Crippen LogP) is 1.46. The van der Waals surface area contributed by atoms with Gasteiger partial charge in [-0.1, -0.05) is 29.8 Å².